The SMILES string of the molecule is CCCC[S+]([O-])c1ccc(C(=O)O)nc1. The van der Waals surface area contributed by atoms with Gasteiger partial charge in [-0.1, -0.05) is 13.3 Å². The quantitative estimate of drug-likeness (QED) is 0.777. The van der Waals surface area contributed by atoms with E-state index in [4.69, 9.17) is 5.11 Å². The highest BCUT2D eigenvalue weighted by atomic mass is 32.2. The van der Waals surface area contributed by atoms with Crippen LogP contribution in [-0.4, -0.2) is 26.4 Å². The second-order valence-electron chi connectivity index (χ2n) is 3.09. The van der Waals surface area contributed by atoms with E-state index < -0.39 is 17.1 Å². The Hall–Kier alpha value is -1.07. The molecule has 0 aliphatic rings. The first-order chi connectivity index (χ1) is 7.15. The third-order valence-electron chi connectivity index (χ3n) is 1.90. The van der Waals surface area contributed by atoms with Gasteiger partial charge in [0.05, 0.1) is 6.20 Å². The summed E-state index contributed by atoms with van der Waals surface area (Å²) >= 11 is -1.06. The number of carboxylic acid groups (broad SMARTS) is 1. The van der Waals surface area contributed by atoms with Crippen LogP contribution in [0.2, 0.25) is 0 Å². The van der Waals surface area contributed by atoms with Gasteiger partial charge < -0.3 is 9.66 Å². The van der Waals surface area contributed by atoms with Gasteiger partial charge in [0.1, 0.15) is 11.4 Å². The molecule has 1 atom stereocenters. The van der Waals surface area contributed by atoms with Crippen LogP contribution in [0, 0.1) is 0 Å². The molecular formula is C10H13NO3S. The maximum absolute atomic E-state index is 11.6. The molecular weight excluding hydrogens is 214 g/mol. The fourth-order valence-electron chi connectivity index (χ4n) is 1.03. The highest BCUT2D eigenvalue weighted by Crippen LogP contribution is 2.11. The van der Waals surface area contributed by atoms with Crippen molar-refractivity contribution in [3.63, 3.8) is 0 Å². The summed E-state index contributed by atoms with van der Waals surface area (Å²) in [5, 5.41) is 8.62. The third-order valence-corrected chi connectivity index (χ3v) is 3.33. The van der Waals surface area contributed by atoms with Crippen LogP contribution in [0.5, 0.6) is 0 Å². The number of unbranched alkanes of at least 4 members (excludes halogenated alkanes) is 1. The Morgan fingerprint density at radius 2 is 2.33 bits per heavy atom. The number of nitrogens with zero attached hydrogens (tertiary/aromatic N) is 1. The molecule has 1 aromatic heterocycles. The van der Waals surface area contributed by atoms with Gasteiger partial charge in [0.2, 0.25) is 0 Å². The highest BCUT2D eigenvalue weighted by Gasteiger charge is 2.12. The van der Waals surface area contributed by atoms with Gasteiger partial charge in [0, 0.05) is 0 Å². The van der Waals surface area contributed by atoms with Crippen LogP contribution in [-0.2, 0) is 11.2 Å². The lowest BCUT2D eigenvalue weighted by Gasteiger charge is -2.08. The first kappa shape index (κ1) is 12.0. The molecule has 5 heteroatoms. The summed E-state index contributed by atoms with van der Waals surface area (Å²) in [6.07, 6.45) is 3.26. The number of aromatic nitrogens is 1. The molecule has 0 saturated carbocycles. The fourth-order valence-corrected chi connectivity index (χ4v) is 2.21. The van der Waals surface area contributed by atoms with E-state index in [9.17, 15) is 9.35 Å². The van der Waals surface area contributed by atoms with Crippen molar-refractivity contribution in [1.29, 1.82) is 0 Å². The van der Waals surface area contributed by atoms with Crippen LogP contribution in [0.4, 0.5) is 0 Å². The zero-order valence-corrected chi connectivity index (χ0v) is 9.29. The smallest absolute Gasteiger partial charge is 0.354 e. The van der Waals surface area contributed by atoms with Crippen molar-refractivity contribution in [3.8, 4) is 0 Å². The molecule has 1 unspecified atom stereocenters. The van der Waals surface area contributed by atoms with E-state index in [-0.39, 0.29) is 5.69 Å². The molecule has 0 aliphatic heterocycles. The molecule has 0 spiro atoms. The Balaban J connectivity index is 2.66. The van der Waals surface area contributed by atoms with E-state index in [1.165, 1.54) is 12.3 Å². The lowest BCUT2D eigenvalue weighted by molar-refractivity contribution is 0.0690. The van der Waals surface area contributed by atoms with Crippen molar-refractivity contribution >= 4 is 17.1 Å². The molecule has 0 amide bonds. The summed E-state index contributed by atoms with van der Waals surface area (Å²) in [7, 11) is 0. The molecule has 0 aromatic carbocycles. The van der Waals surface area contributed by atoms with Crippen molar-refractivity contribution in [2.24, 2.45) is 0 Å². The second kappa shape index (κ2) is 5.72. The van der Waals surface area contributed by atoms with E-state index in [1.54, 1.807) is 6.07 Å². The molecule has 0 fully saturated rings. The zero-order chi connectivity index (χ0) is 11.3. The van der Waals surface area contributed by atoms with Crippen LogP contribution < -0.4 is 0 Å². The van der Waals surface area contributed by atoms with E-state index in [1.807, 2.05) is 6.92 Å². The number of hydrogen-bond acceptors (Lipinski definition) is 3. The Kier molecular flexibility index (Phi) is 4.58. The van der Waals surface area contributed by atoms with Gasteiger partial charge in [0.25, 0.3) is 0 Å². The monoisotopic (exact) mass is 227 g/mol. The minimum Gasteiger partial charge on any atom is -0.611 e. The van der Waals surface area contributed by atoms with Gasteiger partial charge >= 0.3 is 5.97 Å². The van der Waals surface area contributed by atoms with Crippen molar-refractivity contribution in [1.82, 2.24) is 4.98 Å². The van der Waals surface area contributed by atoms with Gasteiger partial charge in [-0.15, -0.1) is 0 Å². The number of hydrogen-bond donors (Lipinski definition) is 1. The van der Waals surface area contributed by atoms with Crippen molar-refractivity contribution in [2.45, 2.75) is 24.7 Å². The second-order valence-corrected chi connectivity index (χ2v) is 4.66. The zero-order valence-electron chi connectivity index (χ0n) is 8.47. The van der Waals surface area contributed by atoms with Crippen molar-refractivity contribution in [3.05, 3.63) is 24.0 Å². The number of rotatable bonds is 5. The van der Waals surface area contributed by atoms with Gasteiger partial charge in [-0.3, -0.25) is 0 Å². The Morgan fingerprint density at radius 1 is 1.60 bits per heavy atom. The Morgan fingerprint density at radius 3 is 2.80 bits per heavy atom. The number of aromatic carboxylic acids is 1. The summed E-state index contributed by atoms with van der Waals surface area (Å²) in [5.41, 5.74) is -0.0220. The highest BCUT2D eigenvalue weighted by molar-refractivity contribution is 7.91. The first-order valence-electron chi connectivity index (χ1n) is 4.73. The molecule has 4 nitrogen and oxygen atoms in total. The maximum Gasteiger partial charge on any atom is 0.354 e. The molecule has 0 bridgehead atoms. The van der Waals surface area contributed by atoms with E-state index >= 15 is 0 Å². The van der Waals surface area contributed by atoms with Crippen molar-refractivity contribution in [2.75, 3.05) is 5.75 Å². The van der Waals surface area contributed by atoms with E-state index in [0.29, 0.717) is 10.6 Å². The Bertz CT molecular complexity index is 326. The van der Waals surface area contributed by atoms with E-state index in [0.717, 1.165) is 12.8 Å². The van der Waals surface area contributed by atoms with Gasteiger partial charge in [-0.25, -0.2) is 9.78 Å². The lowest BCUT2D eigenvalue weighted by Crippen LogP contribution is -2.08. The van der Waals surface area contributed by atoms with Crippen molar-refractivity contribution < 1.29 is 14.5 Å². The lowest BCUT2D eigenvalue weighted by atomic mass is 10.4. The Labute approximate surface area is 91.5 Å². The summed E-state index contributed by atoms with van der Waals surface area (Å²) in [6.45, 7) is 2.03. The largest absolute Gasteiger partial charge is 0.611 e. The average Bonchev–Trinajstić information content (AvgIpc) is 2.26. The molecule has 0 radical (unpaired) electrons. The molecule has 82 valence electrons. The predicted octanol–water partition coefficient (Wildman–Crippen LogP) is 1.69. The normalized spacial score (nSPS) is 12.4. The van der Waals surface area contributed by atoms with Crippen LogP contribution >= 0.6 is 0 Å². The number of carboxylic acids is 1. The minimum atomic E-state index is -1.07. The molecule has 0 aliphatic carbocycles. The summed E-state index contributed by atoms with van der Waals surface area (Å²) in [4.78, 5) is 14.8. The number of carbonyl (C=O) groups is 1. The first-order valence-corrected chi connectivity index (χ1v) is 6.04. The van der Waals surface area contributed by atoms with Gasteiger partial charge in [-0.2, -0.15) is 0 Å². The molecule has 15 heavy (non-hydrogen) atoms. The third kappa shape index (κ3) is 3.53. The van der Waals surface area contributed by atoms with Gasteiger partial charge in [0.15, 0.2) is 4.90 Å². The molecule has 1 heterocycles. The summed E-state index contributed by atoms with van der Waals surface area (Å²) in [6, 6.07) is 2.93. The van der Waals surface area contributed by atoms with E-state index in [2.05, 4.69) is 4.98 Å². The number of pyridine rings is 1. The van der Waals surface area contributed by atoms with Gasteiger partial charge in [-0.05, 0) is 29.7 Å². The van der Waals surface area contributed by atoms with Crippen LogP contribution in [0.1, 0.15) is 30.3 Å². The topological polar surface area (TPSA) is 73.2 Å². The molecule has 1 N–H and O–H groups in total. The van der Waals surface area contributed by atoms with Crippen LogP contribution in [0.15, 0.2) is 23.2 Å². The molecule has 0 saturated heterocycles. The van der Waals surface area contributed by atoms with Crippen LogP contribution in [0.25, 0.3) is 0 Å². The molecule has 1 rings (SSSR count). The predicted molar refractivity (Wildman–Crippen MR) is 57.4 cm³/mol. The maximum atomic E-state index is 11.6. The fraction of sp³-hybridized carbons (Fsp3) is 0.400. The average molecular weight is 227 g/mol. The summed E-state index contributed by atoms with van der Waals surface area (Å²) < 4.78 is 11.6. The minimum absolute atomic E-state index is 0.0220. The molecule has 1 aromatic rings. The standard InChI is InChI=1S/C10H13NO3S/c1-2-3-6-15(14)8-4-5-9(10(12)13)11-7-8/h4-5,7H,2-3,6H2,1H3,(H,12,13). The summed E-state index contributed by atoms with van der Waals surface area (Å²) in [5.74, 6) is -0.467. The van der Waals surface area contributed by atoms with Crippen LogP contribution in [0.3, 0.4) is 0 Å².